The Bertz CT molecular complexity index is 451. The smallest absolute Gasteiger partial charge is 0.224 e. The Balaban J connectivity index is 2.44. The third kappa shape index (κ3) is 2.44. The van der Waals surface area contributed by atoms with Gasteiger partial charge in [-0.3, -0.25) is 0 Å². The van der Waals surface area contributed by atoms with Crippen LogP contribution in [-0.2, 0) is 15.3 Å². The first-order valence-corrected chi connectivity index (χ1v) is 6.48. The van der Waals surface area contributed by atoms with Gasteiger partial charge >= 0.3 is 0 Å². The first kappa shape index (κ1) is 15.7. The SMILES string of the molecule is CO[C@@]1(c2ccc(Cl)cc2)O[C@H](CO)[C@@H](O)[C@H](O)[C@H]1O. The van der Waals surface area contributed by atoms with Gasteiger partial charge in [-0.05, 0) is 12.1 Å². The highest BCUT2D eigenvalue weighted by Gasteiger charge is 2.54. The van der Waals surface area contributed by atoms with E-state index in [-0.39, 0.29) is 0 Å². The van der Waals surface area contributed by atoms with Crippen LogP contribution in [0, 0.1) is 0 Å². The zero-order chi connectivity index (χ0) is 14.9. The molecule has 0 bridgehead atoms. The molecule has 6 nitrogen and oxygen atoms in total. The summed E-state index contributed by atoms with van der Waals surface area (Å²) in [5, 5.41) is 39.6. The normalized spacial score (nSPS) is 37.9. The third-order valence-electron chi connectivity index (χ3n) is 3.50. The maximum atomic E-state index is 10.2. The largest absolute Gasteiger partial charge is 0.394 e. The second-order valence-electron chi connectivity index (χ2n) is 4.64. The van der Waals surface area contributed by atoms with Gasteiger partial charge < -0.3 is 29.9 Å². The lowest BCUT2D eigenvalue weighted by molar-refractivity contribution is -0.366. The van der Waals surface area contributed by atoms with E-state index >= 15 is 0 Å². The first-order chi connectivity index (χ1) is 9.46. The molecule has 0 aromatic heterocycles. The molecule has 1 saturated heterocycles. The van der Waals surface area contributed by atoms with Crippen molar-refractivity contribution in [1.82, 2.24) is 0 Å². The number of ether oxygens (including phenoxy) is 2. The number of halogens is 1. The molecule has 0 amide bonds. The Morgan fingerprint density at radius 1 is 1.20 bits per heavy atom. The quantitative estimate of drug-likeness (QED) is 0.607. The summed E-state index contributed by atoms with van der Waals surface area (Å²) in [6, 6.07) is 6.32. The highest BCUT2D eigenvalue weighted by molar-refractivity contribution is 6.30. The summed E-state index contributed by atoms with van der Waals surface area (Å²) in [5.41, 5.74) is 0.418. The molecule has 1 fully saturated rings. The van der Waals surface area contributed by atoms with Crippen LogP contribution in [0.15, 0.2) is 24.3 Å². The molecule has 5 atom stereocenters. The van der Waals surface area contributed by atoms with Crippen molar-refractivity contribution in [2.24, 2.45) is 0 Å². The van der Waals surface area contributed by atoms with Crippen LogP contribution >= 0.6 is 11.6 Å². The molecule has 2 rings (SSSR count). The van der Waals surface area contributed by atoms with Crippen molar-refractivity contribution in [2.45, 2.75) is 30.2 Å². The molecule has 0 saturated carbocycles. The highest BCUT2D eigenvalue weighted by Crippen LogP contribution is 2.39. The molecule has 1 heterocycles. The summed E-state index contributed by atoms with van der Waals surface area (Å²) in [4.78, 5) is 0. The molecule has 1 aromatic carbocycles. The summed E-state index contributed by atoms with van der Waals surface area (Å²) < 4.78 is 10.8. The summed E-state index contributed by atoms with van der Waals surface area (Å²) in [5.74, 6) is -1.68. The topological polar surface area (TPSA) is 99.4 Å². The summed E-state index contributed by atoms with van der Waals surface area (Å²) >= 11 is 5.81. The monoisotopic (exact) mass is 304 g/mol. The summed E-state index contributed by atoms with van der Waals surface area (Å²) in [6.45, 7) is -0.524. The minimum atomic E-state index is -1.68. The molecule has 7 heteroatoms. The van der Waals surface area contributed by atoms with Crippen LogP contribution < -0.4 is 0 Å². The lowest BCUT2D eigenvalue weighted by Gasteiger charge is -2.47. The second kappa shape index (κ2) is 5.95. The van der Waals surface area contributed by atoms with Crippen LogP contribution in [0.25, 0.3) is 0 Å². The lowest BCUT2D eigenvalue weighted by atomic mass is 9.88. The second-order valence-corrected chi connectivity index (χ2v) is 5.08. The predicted octanol–water partition coefficient (Wildman–Crippen LogP) is -0.387. The molecule has 0 aliphatic carbocycles. The number of methoxy groups -OCH3 is 1. The average Bonchev–Trinajstić information content (AvgIpc) is 2.47. The van der Waals surface area contributed by atoms with Crippen LogP contribution in [-0.4, -0.2) is 58.6 Å². The van der Waals surface area contributed by atoms with E-state index in [2.05, 4.69) is 0 Å². The van der Waals surface area contributed by atoms with Crippen LogP contribution in [0.3, 0.4) is 0 Å². The minimum absolute atomic E-state index is 0.418. The van der Waals surface area contributed by atoms with Gasteiger partial charge in [0.25, 0.3) is 0 Å². The Hall–Kier alpha value is -0.730. The molecule has 4 N–H and O–H groups in total. The van der Waals surface area contributed by atoms with E-state index in [4.69, 9.17) is 21.1 Å². The van der Waals surface area contributed by atoms with Gasteiger partial charge in [-0.25, -0.2) is 0 Å². The van der Waals surface area contributed by atoms with Crippen LogP contribution in [0.5, 0.6) is 0 Å². The van der Waals surface area contributed by atoms with Crippen molar-refractivity contribution >= 4 is 11.6 Å². The molecule has 20 heavy (non-hydrogen) atoms. The van der Waals surface area contributed by atoms with Crippen molar-refractivity contribution in [3.8, 4) is 0 Å². The summed E-state index contributed by atoms with van der Waals surface area (Å²) in [6.07, 6.45) is -5.53. The number of rotatable bonds is 3. The van der Waals surface area contributed by atoms with E-state index < -0.39 is 36.8 Å². The highest BCUT2D eigenvalue weighted by atomic mass is 35.5. The number of hydrogen-bond donors (Lipinski definition) is 4. The number of aliphatic hydroxyl groups excluding tert-OH is 4. The average molecular weight is 305 g/mol. The van der Waals surface area contributed by atoms with Crippen LogP contribution in [0.2, 0.25) is 5.02 Å². The fourth-order valence-electron chi connectivity index (χ4n) is 2.35. The van der Waals surface area contributed by atoms with E-state index in [1.54, 1.807) is 24.3 Å². The predicted molar refractivity (Wildman–Crippen MR) is 70.1 cm³/mol. The molecule has 1 aromatic rings. The van der Waals surface area contributed by atoms with E-state index in [0.717, 1.165) is 0 Å². The van der Waals surface area contributed by atoms with Crippen molar-refractivity contribution < 1.29 is 29.9 Å². The van der Waals surface area contributed by atoms with Crippen LogP contribution in [0.4, 0.5) is 0 Å². The van der Waals surface area contributed by atoms with Gasteiger partial charge in [0.1, 0.15) is 24.4 Å². The zero-order valence-electron chi connectivity index (χ0n) is 10.8. The third-order valence-corrected chi connectivity index (χ3v) is 3.75. The Labute approximate surface area is 121 Å². The minimum Gasteiger partial charge on any atom is -0.394 e. The fourth-order valence-corrected chi connectivity index (χ4v) is 2.47. The van der Waals surface area contributed by atoms with Gasteiger partial charge in [-0.15, -0.1) is 0 Å². The van der Waals surface area contributed by atoms with Crippen LogP contribution in [0.1, 0.15) is 5.56 Å². The number of aliphatic hydroxyl groups is 4. The van der Waals surface area contributed by atoms with E-state index in [0.29, 0.717) is 10.6 Å². The molecular weight excluding hydrogens is 288 g/mol. The van der Waals surface area contributed by atoms with Gasteiger partial charge in [-0.1, -0.05) is 23.7 Å². The Morgan fingerprint density at radius 2 is 1.80 bits per heavy atom. The zero-order valence-corrected chi connectivity index (χ0v) is 11.6. The van der Waals surface area contributed by atoms with Gasteiger partial charge in [0.15, 0.2) is 0 Å². The van der Waals surface area contributed by atoms with Crippen molar-refractivity contribution in [2.75, 3.05) is 13.7 Å². The van der Waals surface area contributed by atoms with Gasteiger partial charge in [0.2, 0.25) is 5.79 Å². The molecule has 1 aliphatic heterocycles. The van der Waals surface area contributed by atoms with E-state index in [1.807, 2.05) is 0 Å². The van der Waals surface area contributed by atoms with Crippen molar-refractivity contribution in [1.29, 1.82) is 0 Å². The fraction of sp³-hybridized carbons (Fsp3) is 0.538. The van der Waals surface area contributed by atoms with Gasteiger partial charge in [0, 0.05) is 17.7 Å². The van der Waals surface area contributed by atoms with Gasteiger partial charge in [-0.2, -0.15) is 0 Å². The number of hydrogen-bond acceptors (Lipinski definition) is 6. The lowest BCUT2D eigenvalue weighted by Crippen LogP contribution is -2.64. The summed E-state index contributed by atoms with van der Waals surface area (Å²) in [7, 11) is 1.30. The maximum absolute atomic E-state index is 10.2. The standard InChI is InChI=1S/C13H17ClO6/c1-19-13(7-2-4-8(14)5-3-7)12(18)11(17)10(16)9(6-15)20-13/h2-5,9-12,15-18H,6H2,1H3/t9-,10-,11+,12-,13+/m1/s1. The van der Waals surface area contributed by atoms with E-state index in [9.17, 15) is 20.4 Å². The molecular formula is C13H17ClO6. The molecule has 112 valence electrons. The van der Waals surface area contributed by atoms with Crippen molar-refractivity contribution in [3.05, 3.63) is 34.9 Å². The van der Waals surface area contributed by atoms with Gasteiger partial charge in [0.05, 0.1) is 6.61 Å². The first-order valence-electron chi connectivity index (χ1n) is 6.10. The molecule has 0 spiro atoms. The number of benzene rings is 1. The maximum Gasteiger partial charge on any atom is 0.224 e. The van der Waals surface area contributed by atoms with Crippen molar-refractivity contribution in [3.63, 3.8) is 0 Å². The molecule has 0 unspecified atom stereocenters. The molecule has 0 radical (unpaired) electrons. The Kier molecular flexibility index (Phi) is 4.66. The van der Waals surface area contributed by atoms with E-state index in [1.165, 1.54) is 7.11 Å². The Morgan fingerprint density at radius 3 is 2.30 bits per heavy atom. The molecule has 1 aliphatic rings.